The Morgan fingerprint density at radius 2 is 1.95 bits per heavy atom. The Morgan fingerprint density at radius 1 is 1.21 bits per heavy atom. The molecule has 0 spiro atoms. The Bertz CT molecular complexity index is 602. The topological polar surface area (TPSA) is 29.5 Å². The molecule has 2 aromatic rings. The monoisotopic (exact) mass is 344 g/mol. The highest BCUT2D eigenvalue weighted by Crippen LogP contribution is 2.33. The molecule has 0 aliphatic heterocycles. The quantitative estimate of drug-likeness (QED) is 0.840. The molecule has 1 unspecified atom stereocenters. The van der Waals surface area contributed by atoms with Gasteiger partial charge in [-0.25, -0.2) is 4.39 Å². The highest BCUT2D eigenvalue weighted by atomic mass is 79.9. The van der Waals surface area contributed by atoms with Crippen LogP contribution < -0.4 is 4.74 Å². The van der Waals surface area contributed by atoms with E-state index in [-0.39, 0.29) is 5.75 Å². The summed E-state index contributed by atoms with van der Waals surface area (Å²) in [5.41, 5.74) is 0.491. The van der Waals surface area contributed by atoms with E-state index < -0.39 is 11.9 Å². The minimum atomic E-state index is -0.724. The molecule has 0 saturated carbocycles. The minimum Gasteiger partial charge on any atom is -0.453 e. The van der Waals surface area contributed by atoms with E-state index in [4.69, 9.17) is 16.3 Å². The Kier molecular flexibility index (Phi) is 4.45. The van der Waals surface area contributed by atoms with Crippen molar-refractivity contribution in [3.8, 4) is 11.5 Å². The van der Waals surface area contributed by atoms with Gasteiger partial charge in [0.25, 0.3) is 0 Å². The van der Waals surface area contributed by atoms with Gasteiger partial charge < -0.3 is 9.84 Å². The van der Waals surface area contributed by atoms with Gasteiger partial charge in [0.05, 0.1) is 11.1 Å². The molecule has 2 aromatic carbocycles. The average Bonchev–Trinajstić information content (AvgIpc) is 2.36. The van der Waals surface area contributed by atoms with Crippen LogP contribution in [0.5, 0.6) is 11.5 Å². The summed E-state index contributed by atoms with van der Waals surface area (Å²) in [6.45, 7) is 1.57. The predicted octanol–water partition coefficient (Wildman–Crippen LogP) is 5.09. The lowest BCUT2D eigenvalue weighted by atomic mass is 10.1. The average molecular weight is 346 g/mol. The molecular formula is C14H11BrClFO2. The molecule has 5 heteroatoms. The zero-order chi connectivity index (χ0) is 14.0. The Labute approximate surface area is 123 Å². The van der Waals surface area contributed by atoms with Crippen molar-refractivity contribution in [1.29, 1.82) is 0 Å². The largest absolute Gasteiger partial charge is 0.453 e. The number of benzene rings is 2. The summed E-state index contributed by atoms with van der Waals surface area (Å²) >= 11 is 9.27. The molecule has 2 nitrogen and oxygen atoms in total. The van der Waals surface area contributed by atoms with Crippen molar-refractivity contribution in [2.45, 2.75) is 13.0 Å². The third-order valence-electron chi connectivity index (χ3n) is 2.55. The molecule has 0 amide bonds. The van der Waals surface area contributed by atoms with Gasteiger partial charge in [-0.15, -0.1) is 0 Å². The third-order valence-corrected chi connectivity index (χ3v) is 3.36. The maximum atomic E-state index is 13.8. The zero-order valence-corrected chi connectivity index (χ0v) is 12.4. The lowest BCUT2D eigenvalue weighted by Crippen LogP contribution is -1.95. The summed E-state index contributed by atoms with van der Waals surface area (Å²) in [6.07, 6.45) is -0.724. The maximum Gasteiger partial charge on any atom is 0.166 e. The summed E-state index contributed by atoms with van der Waals surface area (Å²) in [5, 5.41) is 9.77. The smallest absolute Gasteiger partial charge is 0.166 e. The standard InChI is InChI=1S/C14H11BrClFO2/c1-8(18)9-2-5-13(12(17)6-9)19-14-7-10(15)3-4-11(14)16/h2-8,18H,1H3. The van der Waals surface area contributed by atoms with Crippen LogP contribution in [0, 0.1) is 5.82 Å². The van der Waals surface area contributed by atoms with E-state index in [1.807, 2.05) is 0 Å². The Morgan fingerprint density at radius 3 is 2.58 bits per heavy atom. The van der Waals surface area contributed by atoms with Crippen molar-refractivity contribution < 1.29 is 14.2 Å². The van der Waals surface area contributed by atoms with Crippen LogP contribution in [-0.2, 0) is 0 Å². The molecule has 19 heavy (non-hydrogen) atoms. The highest BCUT2D eigenvalue weighted by molar-refractivity contribution is 9.10. The molecule has 0 bridgehead atoms. The van der Waals surface area contributed by atoms with Crippen molar-refractivity contribution in [3.63, 3.8) is 0 Å². The summed E-state index contributed by atoms with van der Waals surface area (Å²) in [5.74, 6) is -0.126. The van der Waals surface area contributed by atoms with Crippen LogP contribution in [0.1, 0.15) is 18.6 Å². The Hall–Kier alpha value is -1.10. The van der Waals surface area contributed by atoms with Gasteiger partial charge in [-0.1, -0.05) is 33.6 Å². The number of hydrogen-bond acceptors (Lipinski definition) is 2. The van der Waals surface area contributed by atoms with Crippen LogP contribution in [0.25, 0.3) is 0 Å². The first-order chi connectivity index (χ1) is 8.97. The van der Waals surface area contributed by atoms with E-state index in [1.165, 1.54) is 12.1 Å². The number of rotatable bonds is 3. The fraction of sp³-hybridized carbons (Fsp3) is 0.143. The number of hydrogen-bond donors (Lipinski definition) is 1. The number of aliphatic hydroxyl groups is 1. The van der Waals surface area contributed by atoms with E-state index in [0.717, 1.165) is 4.47 Å². The van der Waals surface area contributed by atoms with E-state index in [1.54, 1.807) is 31.2 Å². The first-order valence-electron chi connectivity index (χ1n) is 5.58. The number of ether oxygens (including phenoxy) is 1. The van der Waals surface area contributed by atoms with Crippen LogP contribution in [0.15, 0.2) is 40.9 Å². The third kappa shape index (κ3) is 3.47. The van der Waals surface area contributed by atoms with E-state index >= 15 is 0 Å². The van der Waals surface area contributed by atoms with Crippen molar-refractivity contribution in [3.05, 3.63) is 57.3 Å². The highest BCUT2D eigenvalue weighted by Gasteiger charge is 2.11. The van der Waals surface area contributed by atoms with E-state index in [9.17, 15) is 9.50 Å². The van der Waals surface area contributed by atoms with Gasteiger partial charge in [-0.3, -0.25) is 0 Å². The van der Waals surface area contributed by atoms with Crippen molar-refractivity contribution >= 4 is 27.5 Å². The normalized spacial score (nSPS) is 12.3. The molecule has 100 valence electrons. The molecule has 1 atom stereocenters. The molecule has 0 radical (unpaired) electrons. The Balaban J connectivity index is 2.31. The molecule has 0 fully saturated rings. The molecule has 0 saturated heterocycles. The maximum absolute atomic E-state index is 13.8. The van der Waals surface area contributed by atoms with Crippen molar-refractivity contribution in [2.75, 3.05) is 0 Å². The van der Waals surface area contributed by atoms with Gasteiger partial charge >= 0.3 is 0 Å². The second-order valence-electron chi connectivity index (χ2n) is 4.04. The first kappa shape index (κ1) is 14.3. The van der Waals surface area contributed by atoms with Gasteiger partial charge in [0, 0.05) is 4.47 Å². The van der Waals surface area contributed by atoms with Gasteiger partial charge in [0.1, 0.15) is 5.75 Å². The van der Waals surface area contributed by atoms with Crippen LogP contribution in [0.3, 0.4) is 0 Å². The fourth-order valence-corrected chi connectivity index (χ4v) is 2.03. The predicted molar refractivity (Wildman–Crippen MR) is 76.3 cm³/mol. The first-order valence-corrected chi connectivity index (χ1v) is 6.75. The summed E-state index contributed by atoms with van der Waals surface area (Å²) < 4.78 is 20.1. The lowest BCUT2D eigenvalue weighted by molar-refractivity contribution is 0.198. The molecule has 0 heterocycles. The summed E-state index contributed by atoms with van der Waals surface area (Å²) in [6, 6.07) is 9.39. The molecule has 0 aromatic heterocycles. The van der Waals surface area contributed by atoms with Crippen LogP contribution >= 0.6 is 27.5 Å². The fourth-order valence-electron chi connectivity index (χ4n) is 1.53. The molecule has 2 rings (SSSR count). The van der Waals surface area contributed by atoms with Gasteiger partial charge in [0.15, 0.2) is 11.6 Å². The summed E-state index contributed by atoms with van der Waals surface area (Å²) in [4.78, 5) is 0. The second-order valence-corrected chi connectivity index (χ2v) is 5.37. The zero-order valence-electron chi connectivity index (χ0n) is 10.0. The second kappa shape index (κ2) is 5.90. The van der Waals surface area contributed by atoms with Gasteiger partial charge in [-0.05, 0) is 42.8 Å². The molecular weight excluding hydrogens is 335 g/mol. The van der Waals surface area contributed by atoms with Crippen molar-refractivity contribution in [1.82, 2.24) is 0 Å². The van der Waals surface area contributed by atoms with E-state index in [2.05, 4.69) is 15.9 Å². The van der Waals surface area contributed by atoms with Crippen LogP contribution in [-0.4, -0.2) is 5.11 Å². The molecule has 0 aliphatic rings. The van der Waals surface area contributed by atoms with Crippen LogP contribution in [0.2, 0.25) is 5.02 Å². The molecule has 1 N–H and O–H groups in total. The van der Waals surface area contributed by atoms with Gasteiger partial charge in [-0.2, -0.15) is 0 Å². The number of halogens is 3. The SMILES string of the molecule is CC(O)c1ccc(Oc2cc(Br)ccc2Cl)c(F)c1. The van der Waals surface area contributed by atoms with Gasteiger partial charge in [0.2, 0.25) is 0 Å². The lowest BCUT2D eigenvalue weighted by Gasteiger charge is -2.11. The minimum absolute atomic E-state index is 0.0596. The van der Waals surface area contributed by atoms with Crippen molar-refractivity contribution in [2.24, 2.45) is 0 Å². The molecule has 0 aliphatic carbocycles. The van der Waals surface area contributed by atoms with Crippen LogP contribution in [0.4, 0.5) is 4.39 Å². The number of aliphatic hydroxyl groups excluding tert-OH is 1. The summed E-state index contributed by atoms with van der Waals surface area (Å²) in [7, 11) is 0. The van der Waals surface area contributed by atoms with E-state index in [0.29, 0.717) is 16.3 Å².